The first-order chi connectivity index (χ1) is 9.70. The van der Waals surface area contributed by atoms with Gasteiger partial charge in [-0.1, -0.05) is 6.07 Å². The number of anilines is 1. The van der Waals surface area contributed by atoms with Crippen LogP contribution in [0.3, 0.4) is 0 Å². The summed E-state index contributed by atoms with van der Waals surface area (Å²) in [5, 5.41) is 0. The number of hydrogen-bond donors (Lipinski definition) is 1. The molecule has 0 fully saturated rings. The Balaban J connectivity index is 2.05. The van der Waals surface area contributed by atoms with E-state index in [4.69, 9.17) is 15.2 Å². The number of carbonyl (C=O) groups excluding carboxylic acids is 1. The monoisotopic (exact) mass is 272 g/mol. The lowest BCUT2D eigenvalue weighted by Gasteiger charge is -2.10. The smallest absolute Gasteiger partial charge is 0.341 e. The van der Waals surface area contributed by atoms with Crippen molar-refractivity contribution >= 4 is 11.7 Å². The van der Waals surface area contributed by atoms with E-state index < -0.39 is 5.97 Å². The molecular weight excluding hydrogens is 256 g/mol. The molecule has 0 amide bonds. The van der Waals surface area contributed by atoms with E-state index in [0.29, 0.717) is 30.0 Å². The molecule has 5 nitrogen and oxygen atoms in total. The van der Waals surface area contributed by atoms with Gasteiger partial charge < -0.3 is 15.2 Å². The van der Waals surface area contributed by atoms with Crippen LogP contribution in [0.15, 0.2) is 42.6 Å². The second-order valence-electron chi connectivity index (χ2n) is 4.17. The molecule has 104 valence electrons. The van der Waals surface area contributed by atoms with Gasteiger partial charge in [0, 0.05) is 30.1 Å². The second-order valence-corrected chi connectivity index (χ2v) is 4.17. The first-order valence-corrected chi connectivity index (χ1v) is 6.21. The molecular formula is C15H16N2O3. The van der Waals surface area contributed by atoms with Crippen LogP contribution in [-0.4, -0.2) is 24.7 Å². The molecule has 0 saturated carbocycles. The Morgan fingerprint density at radius 2 is 2.15 bits per heavy atom. The number of nitrogens with zero attached hydrogens (tertiary/aromatic N) is 1. The molecule has 5 heteroatoms. The van der Waals surface area contributed by atoms with Gasteiger partial charge in [0.05, 0.1) is 13.7 Å². The molecule has 2 aromatic rings. The Kier molecular flexibility index (Phi) is 4.55. The van der Waals surface area contributed by atoms with Gasteiger partial charge in [-0.3, -0.25) is 4.98 Å². The third kappa shape index (κ3) is 3.47. The number of carbonyl (C=O) groups is 1. The summed E-state index contributed by atoms with van der Waals surface area (Å²) in [4.78, 5) is 15.8. The number of hydrogen-bond acceptors (Lipinski definition) is 5. The van der Waals surface area contributed by atoms with Crippen LogP contribution in [0.1, 0.15) is 16.1 Å². The highest BCUT2D eigenvalue weighted by Crippen LogP contribution is 2.22. The minimum atomic E-state index is -0.446. The summed E-state index contributed by atoms with van der Waals surface area (Å²) < 4.78 is 10.3. The first kappa shape index (κ1) is 13.9. The molecule has 0 atom stereocenters. The van der Waals surface area contributed by atoms with Gasteiger partial charge in [0.2, 0.25) is 0 Å². The lowest BCUT2D eigenvalue weighted by atomic mass is 10.2. The molecule has 20 heavy (non-hydrogen) atoms. The predicted molar refractivity (Wildman–Crippen MR) is 75.6 cm³/mol. The summed E-state index contributed by atoms with van der Waals surface area (Å²) in [6, 6.07) is 10.5. The molecule has 0 unspecified atom stereocenters. The second kappa shape index (κ2) is 6.56. The predicted octanol–water partition coefficient (Wildman–Crippen LogP) is 2.07. The van der Waals surface area contributed by atoms with Crippen molar-refractivity contribution in [2.24, 2.45) is 0 Å². The third-order valence-electron chi connectivity index (χ3n) is 2.75. The highest BCUT2D eigenvalue weighted by molar-refractivity contribution is 5.93. The van der Waals surface area contributed by atoms with E-state index in [1.165, 1.54) is 7.11 Å². The molecule has 0 aliphatic carbocycles. The van der Waals surface area contributed by atoms with Crippen LogP contribution in [0.4, 0.5) is 5.69 Å². The standard InChI is InChI=1S/C15H16N2O3/c1-19-15(18)13-6-5-11(16)10-14(13)20-9-7-12-4-2-3-8-17-12/h2-6,8,10H,7,9,16H2,1H3. The molecule has 0 aliphatic rings. The fourth-order valence-electron chi connectivity index (χ4n) is 1.75. The van der Waals surface area contributed by atoms with Gasteiger partial charge in [-0.15, -0.1) is 0 Å². The molecule has 1 aromatic carbocycles. The average Bonchev–Trinajstić information content (AvgIpc) is 2.48. The lowest BCUT2D eigenvalue weighted by Crippen LogP contribution is -2.09. The maximum Gasteiger partial charge on any atom is 0.341 e. The summed E-state index contributed by atoms with van der Waals surface area (Å²) >= 11 is 0. The highest BCUT2D eigenvalue weighted by atomic mass is 16.5. The molecule has 0 aliphatic heterocycles. The van der Waals surface area contributed by atoms with Crippen molar-refractivity contribution in [1.82, 2.24) is 4.98 Å². The third-order valence-corrected chi connectivity index (χ3v) is 2.75. The SMILES string of the molecule is COC(=O)c1ccc(N)cc1OCCc1ccccn1. The first-order valence-electron chi connectivity index (χ1n) is 6.21. The fourth-order valence-corrected chi connectivity index (χ4v) is 1.75. The summed E-state index contributed by atoms with van der Waals surface area (Å²) in [5.41, 5.74) is 7.53. The number of rotatable bonds is 5. The Morgan fingerprint density at radius 1 is 1.30 bits per heavy atom. The number of benzene rings is 1. The van der Waals surface area contributed by atoms with Gasteiger partial charge in [0.1, 0.15) is 11.3 Å². The van der Waals surface area contributed by atoms with Crippen molar-refractivity contribution in [1.29, 1.82) is 0 Å². The van der Waals surface area contributed by atoms with Crippen molar-refractivity contribution < 1.29 is 14.3 Å². The van der Waals surface area contributed by atoms with E-state index in [-0.39, 0.29) is 0 Å². The van der Waals surface area contributed by atoms with Gasteiger partial charge in [0.15, 0.2) is 0 Å². The van der Waals surface area contributed by atoms with Crippen molar-refractivity contribution in [2.45, 2.75) is 6.42 Å². The number of aromatic nitrogens is 1. The molecule has 0 spiro atoms. The van der Waals surface area contributed by atoms with E-state index in [9.17, 15) is 4.79 Å². The Hall–Kier alpha value is -2.56. The van der Waals surface area contributed by atoms with Gasteiger partial charge in [-0.05, 0) is 24.3 Å². The minimum Gasteiger partial charge on any atom is -0.492 e. The maximum absolute atomic E-state index is 11.6. The summed E-state index contributed by atoms with van der Waals surface area (Å²) in [6.07, 6.45) is 2.38. The molecule has 0 radical (unpaired) electrons. The molecule has 2 N–H and O–H groups in total. The van der Waals surface area contributed by atoms with E-state index >= 15 is 0 Å². The Morgan fingerprint density at radius 3 is 2.85 bits per heavy atom. The molecule has 0 saturated heterocycles. The number of methoxy groups -OCH3 is 1. The van der Waals surface area contributed by atoms with Crippen LogP contribution in [0, 0.1) is 0 Å². The van der Waals surface area contributed by atoms with E-state index in [1.807, 2.05) is 18.2 Å². The zero-order chi connectivity index (χ0) is 14.4. The molecule has 1 aromatic heterocycles. The van der Waals surface area contributed by atoms with Crippen molar-refractivity contribution in [2.75, 3.05) is 19.5 Å². The minimum absolute atomic E-state index is 0.364. The van der Waals surface area contributed by atoms with Crippen LogP contribution in [0.25, 0.3) is 0 Å². The van der Waals surface area contributed by atoms with Crippen LogP contribution in [0.5, 0.6) is 5.75 Å². The summed E-state index contributed by atoms with van der Waals surface area (Å²) in [5.74, 6) is -0.0226. The van der Waals surface area contributed by atoms with E-state index in [0.717, 1.165) is 5.69 Å². The number of ether oxygens (including phenoxy) is 2. The lowest BCUT2D eigenvalue weighted by molar-refractivity contribution is 0.0596. The average molecular weight is 272 g/mol. The van der Waals surface area contributed by atoms with Gasteiger partial charge >= 0.3 is 5.97 Å². The largest absolute Gasteiger partial charge is 0.492 e. The number of esters is 1. The van der Waals surface area contributed by atoms with Gasteiger partial charge in [-0.2, -0.15) is 0 Å². The van der Waals surface area contributed by atoms with Crippen LogP contribution in [0.2, 0.25) is 0 Å². The normalized spacial score (nSPS) is 10.1. The van der Waals surface area contributed by atoms with Gasteiger partial charge in [0.25, 0.3) is 0 Å². The van der Waals surface area contributed by atoms with Crippen molar-refractivity contribution in [3.05, 3.63) is 53.9 Å². The van der Waals surface area contributed by atoms with Crippen molar-refractivity contribution in [3.63, 3.8) is 0 Å². The Bertz CT molecular complexity index is 585. The quantitative estimate of drug-likeness (QED) is 0.666. The van der Waals surface area contributed by atoms with E-state index in [1.54, 1.807) is 24.4 Å². The molecule has 0 bridgehead atoms. The highest BCUT2D eigenvalue weighted by Gasteiger charge is 2.13. The fraction of sp³-hybridized carbons (Fsp3) is 0.200. The van der Waals surface area contributed by atoms with Gasteiger partial charge in [-0.25, -0.2) is 4.79 Å². The Labute approximate surface area is 117 Å². The van der Waals surface area contributed by atoms with Crippen LogP contribution >= 0.6 is 0 Å². The molecule has 2 rings (SSSR count). The van der Waals surface area contributed by atoms with Crippen LogP contribution in [-0.2, 0) is 11.2 Å². The summed E-state index contributed by atoms with van der Waals surface area (Å²) in [6.45, 7) is 0.407. The topological polar surface area (TPSA) is 74.4 Å². The zero-order valence-electron chi connectivity index (χ0n) is 11.2. The number of nitrogens with two attached hydrogens (primary N) is 1. The number of nitrogen functional groups attached to an aromatic ring is 1. The van der Waals surface area contributed by atoms with E-state index in [2.05, 4.69) is 4.98 Å². The van der Waals surface area contributed by atoms with Crippen molar-refractivity contribution in [3.8, 4) is 5.75 Å². The number of pyridine rings is 1. The maximum atomic E-state index is 11.6. The van der Waals surface area contributed by atoms with Crippen LogP contribution < -0.4 is 10.5 Å². The zero-order valence-corrected chi connectivity index (χ0v) is 11.2. The molecule has 1 heterocycles. The summed E-state index contributed by atoms with van der Waals surface area (Å²) in [7, 11) is 1.33.